The van der Waals surface area contributed by atoms with Crippen LogP contribution in [0.1, 0.15) is 47.7 Å². The molecule has 0 aliphatic carbocycles. The van der Waals surface area contributed by atoms with Crippen LogP contribution in [0.3, 0.4) is 0 Å². The molecule has 3 aromatic carbocycles. The molecule has 10 heteroatoms. The molecule has 2 heterocycles. The Balaban J connectivity index is 1.32. The number of carbonyl (C=O) groups is 3. The van der Waals surface area contributed by atoms with Crippen LogP contribution in [-0.4, -0.2) is 59.1 Å². The third-order valence-corrected chi connectivity index (χ3v) is 8.49. The summed E-state index contributed by atoms with van der Waals surface area (Å²) in [6, 6.07) is 18.8. The van der Waals surface area contributed by atoms with E-state index in [9.17, 15) is 24.6 Å². The molecule has 0 bridgehead atoms. The number of methoxy groups -OCH3 is 1. The van der Waals surface area contributed by atoms with Crippen molar-refractivity contribution in [2.45, 2.75) is 44.4 Å². The third-order valence-electron chi connectivity index (χ3n) is 8.49. The number of rotatable bonds is 10. The zero-order chi connectivity index (χ0) is 31.4. The number of fused-ring (bicyclic) bond motifs is 1. The molecular formula is C34H38N4O6. The third kappa shape index (κ3) is 6.04. The van der Waals surface area contributed by atoms with Gasteiger partial charge in [-0.3, -0.25) is 14.4 Å². The molecule has 3 amide bonds. The van der Waals surface area contributed by atoms with Crippen molar-refractivity contribution in [1.29, 1.82) is 0 Å². The number of ether oxygens (including phenoxy) is 1. The van der Waals surface area contributed by atoms with Gasteiger partial charge in [-0.1, -0.05) is 31.2 Å². The van der Waals surface area contributed by atoms with Gasteiger partial charge in [-0.05, 0) is 73.0 Å². The lowest BCUT2D eigenvalue weighted by atomic mass is 9.83. The summed E-state index contributed by atoms with van der Waals surface area (Å²) >= 11 is 0. The number of nitrogens with two attached hydrogens (primary N) is 1. The first-order chi connectivity index (χ1) is 21.1. The van der Waals surface area contributed by atoms with E-state index in [1.54, 1.807) is 83.5 Å². The standard InChI is InChI=1S/C34H38N4O6/c1-22(5-3-7-31(40)37-18-4-6-27(37)21-39)34(43)29-19-28(44-2)16-17-30(29)38(33(34)42)20-23-8-14-26(15-9-23)36-32(41)24-10-12-25(35)13-11-24/h3,5,8-17,19,22,27,39,43H,4,6-7,18,20-21,35H2,1-2H3,(H,36,41)/b5-3+/t22-,27+,34+/m1/s1. The van der Waals surface area contributed by atoms with E-state index < -0.39 is 17.4 Å². The predicted octanol–water partition coefficient (Wildman–Crippen LogP) is 3.83. The van der Waals surface area contributed by atoms with Gasteiger partial charge in [0.05, 0.1) is 32.0 Å². The summed E-state index contributed by atoms with van der Waals surface area (Å²) in [6.45, 7) is 2.50. The first-order valence-corrected chi connectivity index (χ1v) is 14.7. The second-order valence-corrected chi connectivity index (χ2v) is 11.3. The van der Waals surface area contributed by atoms with E-state index in [-0.39, 0.29) is 37.4 Å². The molecule has 3 atom stereocenters. The summed E-state index contributed by atoms with van der Waals surface area (Å²) in [5, 5.41) is 24.4. The van der Waals surface area contributed by atoms with E-state index in [1.165, 1.54) is 7.11 Å². The minimum Gasteiger partial charge on any atom is -0.497 e. The average molecular weight is 599 g/mol. The molecule has 3 aromatic rings. The number of anilines is 3. The van der Waals surface area contributed by atoms with Crippen molar-refractivity contribution in [3.8, 4) is 5.75 Å². The van der Waals surface area contributed by atoms with Crippen LogP contribution in [0.2, 0.25) is 0 Å². The van der Waals surface area contributed by atoms with Gasteiger partial charge in [0.25, 0.3) is 11.8 Å². The molecule has 1 fully saturated rings. The van der Waals surface area contributed by atoms with Gasteiger partial charge in [-0.25, -0.2) is 0 Å². The maximum atomic E-state index is 13.9. The Hall–Kier alpha value is -4.67. The van der Waals surface area contributed by atoms with Gasteiger partial charge in [0, 0.05) is 41.4 Å². The topological polar surface area (TPSA) is 145 Å². The Morgan fingerprint density at radius 1 is 1.14 bits per heavy atom. The quantitative estimate of drug-likeness (QED) is 0.205. The van der Waals surface area contributed by atoms with Gasteiger partial charge in [0.2, 0.25) is 5.91 Å². The van der Waals surface area contributed by atoms with Crippen molar-refractivity contribution in [2.24, 2.45) is 5.92 Å². The number of amides is 3. The van der Waals surface area contributed by atoms with Gasteiger partial charge in [-0.15, -0.1) is 0 Å². The van der Waals surface area contributed by atoms with Crippen molar-refractivity contribution in [2.75, 3.05) is 36.2 Å². The Labute approximate surface area is 256 Å². The monoisotopic (exact) mass is 598 g/mol. The van der Waals surface area contributed by atoms with Crippen LogP contribution >= 0.6 is 0 Å². The fraction of sp³-hybridized carbons (Fsp3) is 0.324. The van der Waals surface area contributed by atoms with Crippen molar-refractivity contribution in [3.05, 3.63) is 95.6 Å². The Kier molecular flexibility index (Phi) is 9.03. The highest BCUT2D eigenvalue weighted by atomic mass is 16.5. The zero-order valence-corrected chi connectivity index (χ0v) is 24.9. The van der Waals surface area contributed by atoms with Crippen LogP contribution in [-0.2, 0) is 21.7 Å². The Morgan fingerprint density at radius 3 is 2.55 bits per heavy atom. The molecule has 0 saturated carbocycles. The van der Waals surface area contributed by atoms with Gasteiger partial charge in [0.1, 0.15) is 5.75 Å². The van der Waals surface area contributed by atoms with Crippen LogP contribution in [0, 0.1) is 5.92 Å². The van der Waals surface area contributed by atoms with Crippen LogP contribution < -0.4 is 20.7 Å². The molecule has 0 unspecified atom stereocenters. The summed E-state index contributed by atoms with van der Waals surface area (Å²) in [5.74, 6) is -0.987. The lowest BCUT2D eigenvalue weighted by Crippen LogP contribution is -2.44. The predicted molar refractivity (Wildman–Crippen MR) is 168 cm³/mol. The number of nitrogen functional groups attached to an aromatic ring is 1. The van der Waals surface area contributed by atoms with E-state index >= 15 is 0 Å². The molecule has 44 heavy (non-hydrogen) atoms. The van der Waals surface area contributed by atoms with Crippen LogP contribution in [0.5, 0.6) is 5.75 Å². The van der Waals surface area contributed by atoms with E-state index in [2.05, 4.69) is 5.32 Å². The minimum absolute atomic E-state index is 0.0600. The number of hydrogen-bond acceptors (Lipinski definition) is 7. The first kappa shape index (κ1) is 30.8. The number of aliphatic hydroxyl groups is 2. The van der Waals surface area contributed by atoms with Gasteiger partial charge in [0.15, 0.2) is 5.60 Å². The summed E-state index contributed by atoms with van der Waals surface area (Å²) in [5.41, 5.74) is 7.27. The molecule has 1 saturated heterocycles. The zero-order valence-electron chi connectivity index (χ0n) is 24.9. The largest absolute Gasteiger partial charge is 0.497 e. The van der Waals surface area contributed by atoms with Gasteiger partial charge < -0.3 is 35.8 Å². The molecular weight excluding hydrogens is 560 g/mol. The maximum Gasteiger partial charge on any atom is 0.264 e. The van der Waals surface area contributed by atoms with Crippen molar-refractivity contribution < 1.29 is 29.3 Å². The van der Waals surface area contributed by atoms with E-state index in [1.807, 2.05) is 12.1 Å². The van der Waals surface area contributed by atoms with Crippen molar-refractivity contribution in [3.63, 3.8) is 0 Å². The fourth-order valence-electron chi connectivity index (χ4n) is 5.91. The minimum atomic E-state index is -1.88. The Morgan fingerprint density at radius 2 is 1.86 bits per heavy atom. The van der Waals surface area contributed by atoms with Crippen LogP contribution in [0.4, 0.5) is 17.1 Å². The Bertz CT molecular complexity index is 1550. The SMILES string of the molecule is COc1ccc2c(c1)[C@@](O)([C@H](C)/C=C/CC(=O)N1CCC[C@H]1CO)C(=O)N2Cc1ccc(NC(=O)c2ccc(N)cc2)cc1. The molecule has 2 aliphatic rings. The number of hydrogen-bond donors (Lipinski definition) is 4. The highest BCUT2D eigenvalue weighted by Crippen LogP contribution is 2.47. The number of likely N-dealkylation sites (tertiary alicyclic amines) is 1. The summed E-state index contributed by atoms with van der Waals surface area (Å²) in [6.07, 6.45) is 5.14. The molecule has 2 aliphatic heterocycles. The number of carbonyl (C=O) groups excluding carboxylic acids is 3. The number of aliphatic hydroxyl groups excluding tert-OH is 1. The highest BCUT2D eigenvalue weighted by molar-refractivity contribution is 6.07. The van der Waals surface area contributed by atoms with Crippen LogP contribution in [0.25, 0.3) is 0 Å². The lowest BCUT2D eigenvalue weighted by molar-refractivity contribution is -0.139. The summed E-state index contributed by atoms with van der Waals surface area (Å²) < 4.78 is 5.40. The molecule has 230 valence electrons. The second kappa shape index (κ2) is 12.9. The molecule has 5 N–H and O–H groups in total. The highest BCUT2D eigenvalue weighted by Gasteiger charge is 2.52. The fourth-order valence-corrected chi connectivity index (χ4v) is 5.91. The number of benzene rings is 3. The van der Waals surface area contributed by atoms with Crippen molar-refractivity contribution >= 4 is 34.8 Å². The number of nitrogens with zero attached hydrogens (tertiary/aromatic N) is 2. The first-order valence-electron chi connectivity index (χ1n) is 14.7. The van der Waals surface area contributed by atoms with E-state index in [0.29, 0.717) is 40.5 Å². The molecule has 0 spiro atoms. The van der Waals surface area contributed by atoms with E-state index in [4.69, 9.17) is 10.5 Å². The van der Waals surface area contributed by atoms with Crippen LogP contribution in [0.15, 0.2) is 78.9 Å². The van der Waals surface area contributed by atoms with Gasteiger partial charge in [-0.2, -0.15) is 0 Å². The molecule has 0 aromatic heterocycles. The lowest BCUT2D eigenvalue weighted by Gasteiger charge is -2.28. The molecule has 5 rings (SSSR count). The maximum absolute atomic E-state index is 13.9. The smallest absolute Gasteiger partial charge is 0.264 e. The second-order valence-electron chi connectivity index (χ2n) is 11.3. The van der Waals surface area contributed by atoms with E-state index in [0.717, 1.165) is 18.4 Å². The van der Waals surface area contributed by atoms with Crippen molar-refractivity contribution in [1.82, 2.24) is 4.90 Å². The summed E-state index contributed by atoms with van der Waals surface area (Å²) in [7, 11) is 1.52. The average Bonchev–Trinajstić information content (AvgIpc) is 3.60. The normalized spacial score (nSPS) is 20.2. The number of nitrogens with one attached hydrogen (secondary N) is 1. The molecule has 0 radical (unpaired) electrons. The van der Waals surface area contributed by atoms with Gasteiger partial charge >= 0.3 is 0 Å². The summed E-state index contributed by atoms with van der Waals surface area (Å²) in [4.78, 5) is 42.5. The molecule has 10 nitrogen and oxygen atoms in total.